The molecule has 0 heterocycles. The first-order valence-electron chi connectivity index (χ1n) is 5.76. The second-order valence-corrected chi connectivity index (χ2v) is 5.59. The largest absolute Gasteiger partial charge is 0.393 e. The molecule has 100 valence electrons. The van der Waals surface area contributed by atoms with E-state index in [2.05, 4.69) is 5.32 Å². The van der Waals surface area contributed by atoms with Crippen molar-refractivity contribution in [3.8, 4) is 0 Å². The number of nitrogens with one attached hydrogen (secondary N) is 1. The van der Waals surface area contributed by atoms with E-state index in [1.54, 1.807) is 30.8 Å². The van der Waals surface area contributed by atoms with Crippen LogP contribution in [-0.4, -0.2) is 29.4 Å². The molecule has 1 aromatic rings. The lowest BCUT2D eigenvalue weighted by Gasteiger charge is -2.16. The zero-order valence-corrected chi connectivity index (χ0v) is 12.3. The molecule has 0 aliphatic carbocycles. The number of rotatable bonds is 5. The molecule has 18 heavy (non-hydrogen) atoms. The molecule has 0 saturated heterocycles. The first kappa shape index (κ1) is 15.3. The Hall–Kier alpha value is -0.710. The van der Waals surface area contributed by atoms with Crippen LogP contribution < -0.4 is 5.32 Å². The van der Waals surface area contributed by atoms with Crippen molar-refractivity contribution in [2.24, 2.45) is 0 Å². The maximum absolute atomic E-state index is 12.0. The number of halogens is 1. The molecule has 0 radical (unpaired) electrons. The van der Waals surface area contributed by atoms with Crippen LogP contribution in [0, 0.1) is 0 Å². The number of hydrogen-bond donors (Lipinski definition) is 2. The lowest BCUT2D eigenvalue weighted by atomic mass is 10.1. The van der Waals surface area contributed by atoms with Crippen LogP contribution in [-0.2, 0) is 0 Å². The van der Waals surface area contributed by atoms with Gasteiger partial charge in [-0.25, -0.2) is 0 Å². The molecule has 2 N–H and O–H groups in total. The van der Waals surface area contributed by atoms with Crippen molar-refractivity contribution >= 4 is 29.3 Å². The maximum atomic E-state index is 12.0. The van der Waals surface area contributed by atoms with Crippen molar-refractivity contribution in [1.29, 1.82) is 0 Å². The molecule has 0 fully saturated rings. The van der Waals surface area contributed by atoms with Gasteiger partial charge in [-0.2, -0.15) is 0 Å². The molecular weight excluding hydrogens is 270 g/mol. The van der Waals surface area contributed by atoms with Crippen molar-refractivity contribution < 1.29 is 9.90 Å². The van der Waals surface area contributed by atoms with E-state index in [4.69, 9.17) is 11.6 Å². The average molecular weight is 288 g/mol. The minimum absolute atomic E-state index is 0.0912. The summed E-state index contributed by atoms with van der Waals surface area (Å²) < 4.78 is 0. The quantitative estimate of drug-likeness (QED) is 0.819. The van der Waals surface area contributed by atoms with Crippen LogP contribution in [0.3, 0.4) is 0 Å². The third-order valence-electron chi connectivity index (χ3n) is 2.49. The molecule has 2 unspecified atom stereocenters. The van der Waals surface area contributed by atoms with E-state index in [1.807, 2.05) is 19.2 Å². The van der Waals surface area contributed by atoms with Gasteiger partial charge in [0.25, 0.3) is 5.91 Å². The highest BCUT2D eigenvalue weighted by Gasteiger charge is 2.14. The smallest absolute Gasteiger partial charge is 0.253 e. The number of aliphatic hydroxyl groups is 1. The van der Waals surface area contributed by atoms with Crippen LogP contribution in [0.4, 0.5) is 0 Å². The van der Waals surface area contributed by atoms with E-state index in [1.165, 1.54) is 0 Å². The Kier molecular flexibility index (Phi) is 5.99. The summed E-state index contributed by atoms with van der Waals surface area (Å²) >= 11 is 7.58. The van der Waals surface area contributed by atoms with Gasteiger partial charge in [0, 0.05) is 10.9 Å². The summed E-state index contributed by atoms with van der Waals surface area (Å²) in [5.41, 5.74) is 0.473. The summed E-state index contributed by atoms with van der Waals surface area (Å²) in [6.07, 6.45) is 2.03. The normalized spacial score (nSPS) is 14.1. The van der Waals surface area contributed by atoms with Crippen LogP contribution in [0.15, 0.2) is 23.1 Å². The third-order valence-corrected chi connectivity index (χ3v) is 3.55. The molecule has 1 rings (SSSR count). The number of benzene rings is 1. The van der Waals surface area contributed by atoms with E-state index >= 15 is 0 Å². The summed E-state index contributed by atoms with van der Waals surface area (Å²) in [4.78, 5) is 13.0. The Morgan fingerprint density at radius 1 is 1.50 bits per heavy atom. The van der Waals surface area contributed by atoms with E-state index in [0.717, 1.165) is 4.90 Å². The van der Waals surface area contributed by atoms with Gasteiger partial charge in [-0.1, -0.05) is 11.6 Å². The maximum Gasteiger partial charge on any atom is 0.253 e. The van der Waals surface area contributed by atoms with Crippen LogP contribution in [0.25, 0.3) is 0 Å². The van der Waals surface area contributed by atoms with Gasteiger partial charge in [0.05, 0.1) is 16.7 Å². The van der Waals surface area contributed by atoms with E-state index in [-0.39, 0.29) is 11.9 Å². The molecular formula is C13H18ClNO2S. The monoisotopic (exact) mass is 287 g/mol. The Labute approximate surface area is 117 Å². The number of amides is 1. The Morgan fingerprint density at radius 3 is 2.72 bits per heavy atom. The van der Waals surface area contributed by atoms with Gasteiger partial charge in [-0.3, -0.25) is 4.79 Å². The minimum atomic E-state index is -0.437. The first-order chi connectivity index (χ1) is 8.43. The molecule has 0 aliphatic heterocycles. The third kappa shape index (κ3) is 4.52. The zero-order valence-electron chi connectivity index (χ0n) is 10.7. The molecule has 0 aliphatic rings. The number of hydrogen-bond acceptors (Lipinski definition) is 3. The van der Waals surface area contributed by atoms with Crippen molar-refractivity contribution in [3.05, 3.63) is 28.8 Å². The summed E-state index contributed by atoms with van der Waals surface area (Å²) in [6, 6.07) is 5.29. The topological polar surface area (TPSA) is 49.3 Å². The minimum Gasteiger partial charge on any atom is -0.393 e. The van der Waals surface area contributed by atoms with Crippen molar-refractivity contribution in [1.82, 2.24) is 5.32 Å². The lowest BCUT2D eigenvalue weighted by molar-refractivity contribution is 0.0923. The molecule has 5 heteroatoms. The van der Waals surface area contributed by atoms with Gasteiger partial charge in [0.15, 0.2) is 0 Å². The summed E-state index contributed by atoms with van der Waals surface area (Å²) in [5.74, 6) is -0.205. The van der Waals surface area contributed by atoms with E-state index in [0.29, 0.717) is 17.0 Å². The molecule has 1 aromatic carbocycles. The Balaban J connectivity index is 2.77. The van der Waals surface area contributed by atoms with Crippen molar-refractivity contribution in [2.75, 3.05) is 6.26 Å². The van der Waals surface area contributed by atoms with Gasteiger partial charge in [0.2, 0.25) is 0 Å². The highest BCUT2D eigenvalue weighted by atomic mass is 35.5. The Bertz CT molecular complexity index is 423. The fourth-order valence-corrected chi connectivity index (χ4v) is 2.32. The molecule has 0 saturated carbocycles. The van der Waals surface area contributed by atoms with Crippen LogP contribution in [0.5, 0.6) is 0 Å². The van der Waals surface area contributed by atoms with Gasteiger partial charge < -0.3 is 10.4 Å². The van der Waals surface area contributed by atoms with Gasteiger partial charge in [0.1, 0.15) is 0 Å². The van der Waals surface area contributed by atoms with Crippen molar-refractivity contribution in [2.45, 2.75) is 37.3 Å². The van der Waals surface area contributed by atoms with E-state index in [9.17, 15) is 9.90 Å². The SMILES string of the molecule is CSc1ccc(Cl)c(C(=O)NC(C)CC(C)O)c1. The predicted octanol–water partition coefficient (Wildman–Crippen LogP) is 2.95. The molecule has 3 nitrogen and oxygen atoms in total. The summed E-state index contributed by atoms with van der Waals surface area (Å²) in [7, 11) is 0. The summed E-state index contributed by atoms with van der Waals surface area (Å²) in [6.45, 7) is 3.56. The van der Waals surface area contributed by atoms with Gasteiger partial charge in [-0.05, 0) is 44.7 Å². The fraction of sp³-hybridized carbons (Fsp3) is 0.462. The number of carbonyl (C=O) groups is 1. The number of thioether (sulfide) groups is 1. The average Bonchev–Trinajstić information content (AvgIpc) is 2.28. The second-order valence-electron chi connectivity index (χ2n) is 4.31. The number of carbonyl (C=O) groups excluding carboxylic acids is 1. The predicted molar refractivity (Wildman–Crippen MR) is 76.5 cm³/mol. The standard InChI is InChI=1S/C13H18ClNO2S/c1-8(6-9(2)16)15-13(17)11-7-10(18-3)4-5-12(11)14/h4-5,7-9,16H,6H2,1-3H3,(H,15,17). The molecule has 2 atom stereocenters. The Morgan fingerprint density at radius 2 is 2.17 bits per heavy atom. The zero-order chi connectivity index (χ0) is 13.7. The van der Waals surface area contributed by atoms with Crippen LogP contribution in [0.1, 0.15) is 30.6 Å². The molecule has 0 aromatic heterocycles. The number of aliphatic hydroxyl groups excluding tert-OH is 1. The molecule has 1 amide bonds. The highest BCUT2D eigenvalue weighted by Crippen LogP contribution is 2.23. The van der Waals surface area contributed by atoms with Crippen molar-refractivity contribution in [3.63, 3.8) is 0 Å². The fourth-order valence-electron chi connectivity index (χ4n) is 1.68. The second kappa shape index (κ2) is 7.02. The highest BCUT2D eigenvalue weighted by molar-refractivity contribution is 7.98. The lowest BCUT2D eigenvalue weighted by Crippen LogP contribution is -2.34. The summed E-state index contributed by atoms with van der Waals surface area (Å²) in [5, 5.41) is 12.5. The molecule has 0 bridgehead atoms. The van der Waals surface area contributed by atoms with Crippen LogP contribution >= 0.6 is 23.4 Å². The first-order valence-corrected chi connectivity index (χ1v) is 7.36. The van der Waals surface area contributed by atoms with Crippen LogP contribution in [0.2, 0.25) is 5.02 Å². The van der Waals surface area contributed by atoms with E-state index < -0.39 is 6.10 Å². The molecule has 0 spiro atoms. The van der Waals surface area contributed by atoms with Gasteiger partial charge in [-0.15, -0.1) is 11.8 Å². The van der Waals surface area contributed by atoms with Gasteiger partial charge >= 0.3 is 0 Å².